The van der Waals surface area contributed by atoms with Crippen LogP contribution in [0.5, 0.6) is 5.88 Å². The zero-order valence-electron chi connectivity index (χ0n) is 6.56. The van der Waals surface area contributed by atoms with E-state index in [0.717, 1.165) is 6.20 Å². The molecule has 0 fully saturated rings. The van der Waals surface area contributed by atoms with Gasteiger partial charge in [0.2, 0.25) is 5.88 Å². The van der Waals surface area contributed by atoms with E-state index in [9.17, 15) is 13.2 Å². The molecule has 2 N–H and O–H groups in total. The minimum absolute atomic E-state index is 0.424. The van der Waals surface area contributed by atoms with Crippen LogP contribution >= 0.6 is 0 Å². The van der Waals surface area contributed by atoms with Crippen LogP contribution < -0.4 is 10.3 Å². The molecule has 1 aromatic rings. The molecular formula is C5H4BF3N2O3. The van der Waals surface area contributed by atoms with E-state index in [1.165, 1.54) is 0 Å². The van der Waals surface area contributed by atoms with Crippen molar-refractivity contribution < 1.29 is 28.0 Å². The van der Waals surface area contributed by atoms with Crippen molar-refractivity contribution in [2.75, 3.05) is 0 Å². The first kappa shape index (κ1) is 10.7. The molecule has 0 saturated carbocycles. The molecule has 0 amide bonds. The van der Waals surface area contributed by atoms with E-state index in [1.54, 1.807) is 0 Å². The fourth-order valence-corrected chi connectivity index (χ4v) is 0.655. The first-order valence-corrected chi connectivity index (χ1v) is 3.32. The molecule has 0 aliphatic rings. The van der Waals surface area contributed by atoms with Gasteiger partial charge in [0.15, 0.2) is 0 Å². The summed E-state index contributed by atoms with van der Waals surface area (Å²) in [6.07, 6.45) is -3.26. The Morgan fingerprint density at radius 3 is 2.43 bits per heavy atom. The summed E-state index contributed by atoms with van der Waals surface area (Å²) in [5, 5.41) is 17.1. The molecule has 0 unspecified atom stereocenters. The second kappa shape index (κ2) is 3.80. The number of rotatable bonds is 2. The van der Waals surface area contributed by atoms with Crippen LogP contribution in [0.25, 0.3) is 0 Å². The van der Waals surface area contributed by atoms with E-state index in [1.807, 2.05) is 0 Å². The Morgan fingerprint density at radius 1 is 1.29 bits per heavy atom. The Hall–Kier alpha value is -1.35. The van der Waals surface area contributed by atoms with Gasteiger partial charge in [-0.25, -0.2) is 4.98 Å². The average molecular weight is 208 g/mol. The number of hydrogen-bond acceptors (Lipinski definition) is 5. The van der Waals surface area contributed by atoms with Crippen LogP contribution in [0.3, 0.4) is 0 Å². The molecule has 0 aliphatic heterocycles. The standard InChI is InChI=1S/C5H4BF3N2O3/c7-5(8,9)14-4-2-10-1-3(11-4)6(12)13/h1-2,12-13H. The maximum Gasteiger partial charge on any atom is 0.574 e. The molecule has 0 bridgehead atoms. The van der Waals surface area contributed by atoms with Gasteiger partial charge >= 0.3 is 13.5 Å². The highest BCUT2D eigenvalue weighted by Gasteiger charge is 2.32. The fourth-order valence-electron chi connectivity index (χ4n) is 0.655. The highest BCUT2D eigenvalue weighted by molar-refractivity contribution is 6.57. The van der Waals surface area contributed by atoms with Gasteiger partial charge in [0.05, 0.1) is 11.8 Å². The summed E-state index contributed by atoms with van der Waals surface area (Å²) >= 11 is 0. The lowest BCUT2D eigenvalue weighted by atomic mass is 9.87. The van der Waals surface area contributed by atoms with Gasteiger partial charge < -0.3 is 14.8 Å². The topological polar surface area (TPSA) is 75.5 Å². The minimum Gasteiger partial charge on any atom is -0.422 e. The lowest BCUT2D eigenvalue weighted by molar-refractivity contribution is -0.276. The molecule has 0 aromatic carbocycles. The number of alkyl halides is 3. The van der Waals surface area contributed by atoms with Gasteiger partial charge in [-0.2, -0.15) is 0 Å². The summed E-state index contributed by atoms with van der Waals surface area (Å²) in [5.74, 6) is -0.844. The molecule has 14 heavy (non-hydrogen) atoms. The maximum atomic E-state index is 11.7. The Kier molecular flexibility index (Phi) is 2.92. The van der Waals surface area contributed by atoms with E-state index in [-0.39, 0.29) is 0 Å². The summed E-state index contributed by atoms with van der Waals surface area (Å²) in [4.78, 5) is 6.44. The highest BCUT2D eigenvalue weighted by Crippen LogP contribution is 2.18. The van der Waals surface area contributed by atoms with E-state index in [2.05, 4.69) is 14.7 Å². The molecule has 9 heteroatoms. The van der Waals surface area contributed by atoms with Gasteiger partial charge in [0.1, 0.15) is 0 Å². The van der Waals surface area contributed by atoms with Crippen LogP contribution in [0.4, 0.5) is 13.2 Å². The lowest BCUT2D eigenvalue weighted by Crippen LogP contribution is -2.33. The van der Waals surface area contributed by atoms with E-state index in [0.29, 0.717) is 6.20 Å². The van der Waals surface area contributed by atoms with Crippen molar-refractivity contribution in [2.24, 2.45) is 0 Å². The SMILES string of the molecule is OB(O)c1cncc(OC(F)(F)F)n1. The molecule has 76 valence electrons. The van der Waals surface area contributed by atoms with Gasteiger partial charge in [0.25, 0.3) is 0 Å². The number of ether oxygens (including phenoxy) is 1. The second-order valence-corrected chi connectivity index (χ2v) is 2.20. The average Bonchev–Trinajstić information content (AvgIpc) is 2.01. The summed E-state index contributed by atoms with van der Waals surface area (Å²) in [6, 6.07) is 0. The predicted octanol–water partition coefficient (Wildman–Crippen LogP) is -0.945. The van der Waals surface area contributed by atoms with Crippen LogP contribution in [0.2, 0.25) is 0 Å². The zero-order chi connectivity index (χ0) is 10.8. The third kappa shape index (κ3) is 3.19. The van der Waals surface area contributed by atoms with E-state index >= 15 is 0 Å². The fraction of sp³-hybridized carbons (Fsp3) is 0.200. The van der Waals surface area contributed by atoms with Gasteiger partial charge in [-0.05, 0) is 0 Å². The van der Waals surface area contributed by atoms with Crippen molar-refractivity contribution in [2.45, 2.75) is 6.36 Å². The minimum atomic E-state index is -4.88. The first-order chi connectivity index (χ1) is 6.38. The van der Waals surface area contributed by atoms with Crippen LogP contribution in [0.15, 0.2) is 12.4 Å². The summed E-state index contributed by atoms with van der Waals surface area (Å²) in [5.41, 5.74) is -0.424. The van der Waals surface area contributed by atoms with Gasteiger partial charge in [-0.3, -0.25) is 4.98 Å². The lowest BCUT2D eigenvalue weighted by Gasteiger charge is -2.07. The summed E-state index contributed by atoms with van der Waals surface area (Å²) < 4.78 is 38.4. The largest absolute Gasteiger partial charge is 0.574 e. The van der Waals surface area contributed by atoms with Gasteiger partial charge in [0, 0.05) is 6.20 Å². The Balaban J connectivity index is 2.84. The van der Waals surface area contributed by atoms with Crippen LogP contribution in [-0.4, -0.2) is 33.5 Å². The smallest absolute Gasteiger partial charge is 0.422 e. The third-order valence-corrected chi connectivity index (χ3v) is 1.12. The maximum absolute atomic E-state index is 11.7. The van der Waals surface area contributed by atoms with Gasteiger partial charge in [-0.15, -0.1) is 13.2 Å². The summed E-state index contributed by atoms with van der Waals surface area (Å²) in [7, 11) is -1.99. The number of aromatic nitrogens is 2. The molecule has 1 aromatic heterocycles. The van der Waals surface area contributed by atoms with Crippen LogP contribution in [-0.2, 0) is 0 Å². The second-order valence-electron chi connectivity index (χ2n) is 2.20. The Labute approximate surface area is 76.3 Å². The predicted molar refractivity (Wildman–Crippen MR) is 38.5 cm³/mol. The summed E-state index contributed by atoms with van der Waals surface area (Å²) in [6.45, 7) is 0. The van der Waals surface area contributed by atoms with Crippen molar-refractivity contribution in [1.29, 1.82) is 0 Å². The highest BCUT2D eigenvalue weighted by atomic mass is 19.4. The van der Waals surface area contributed by atoms with Crippen molar-refractivity contribution in [3.05, 3.63) is 12.4 Å². The first-order valence-electron chi connectivity index (χ1n) is 3.32. The molecule has 0 aliphatic carbocycles. The van der Waals surface area contributed by atoms with Crippen molar-refractivity contribution in [1.82, 2.24) is 9.97 Å². The van der Waals surface area contributed by atoms with E-state index < -0.39 is 25.0 Å². The monoisotopic (exact) mass is 208 g/mol. The van der Waals surface area contributed by atoms with Crippen molar-refractivity contribution in [3.8, 4) is 5.88 Å². The molecule has 0 saturated heterocycles. The molecule has 5 nitrogen and oxygen atoms in total. The van der Waals surface area contributed by atoms with Crippen LogP contribution in [0, 0.1) is 0 Å². The number of nitrogens with zero attached hydrogens (tertiary/aromatic N) is 2. The quantitative estimate of drug-likeness (QED) is 0.613. The Morgan fingerprint density at radius 2 is 1.93 bits per heavy atom. The molecule has 0 spiro atoms. The normalized spacial score (nSPS) is 11.2. The van der Waals surface area contributed by atoms with Crippen molar-refractivity contribution in [3.63, 3.8) is 0 Å². The van der Waals surface area contributed by atoms with Crippen LogP contribution in [0.1, 0.15) is 0 Å². The zero-order valence-corrected chi connectivity index (χ0v) is 6.56. The molecule has 1 rings (SSSR count). The molecule has 0 atom stereocenters. The molecule has 1 heterocycles. The molecule has 0 radical (unpaired) electrons. The number of halogens is 3. The van der Waals surface area contributed by atoms with E-state index in [4.69, 9.17) is 10.0 Å². The van der Waals surface area contributed by atoms with Gasteiger partial charge in [-0.1, -0.05) is 0 Å². The third-order valence-electron chi connectivity index (χ3n) is 1.12. The van der Waals surface area contributed by atoms with Crippen molar-refractivity contribution >= 4 is 12.7 Å². The number of hydrogen-bond donors (Lipinski definition) is 2. The Bertz CT molecular complexity index is 319. The molecular weight excluding hydrogens is 204 g/mol.